The molecule has 2 heterocycles. The van der Waals surface area contributed by atoms with Gasteiger partial charge in [0.25, 0.3) is 5.91 Å². The van der Waals surface area contributed by atoms with Crippen molar-refractivity contribution in [2.75, 3.05) is 6.54 Å². The molecule has 1 aliphatic carbocycles. The van der Waals surface area contributed by atoms with Crippen molar-refractivity contribution < 1.29 is 14.4 Å². The van der Waals surface area contributed by atoms with Crippen LogP contribution in [0.25, 0.3) is 10.9 Å². The van der Waals surface area contributed by atoms with Gasteiger partial charge in [-0.3, -0.25) is 14.5 Å². The van der Waals surface area contributed by atoms with Gasteiger partial charge < -0.3 is 10.3 Å². The van der Waals surface area contributed by atoms with E-state index >= 15 is 0 Å². The number of urea groups is 1. The summed E-state index contributed by atoms with van der Waals surface area (Å²) in [5.74, 6) is -0.607. The van der Waals surface area contributed by atoms with Gasteiger partial charge in [0.15, 0.2) is 5.78 Å². The second-order valence-corrected chi connectivity index (χ2v) is 7.06. The van der Waals surface area contributed by atoms with E-state index in [1.807, 2.05) is 48.5 Å². The number of benzene rings is 2. The lowest BCUT2D eigenvalue weighted by Gasteiger charge is -2.22. The summed E-state index contributed by atoms with van der Waals surface area (Å²) >= 11 is 0. The summed E-state index contributed by atoms with van der Waals surface area (Å²) in [7, 11) is 0. The van der Waals surface area contributed by atoms with Gasteiger partial charge in [0.1, 0.15) is 5.54 Å². The molecule has 6 nitrogen and oxygen atoms in total. The number of ketones is 1. The van der Waals surface area contributed by atoms with E-state index in [4.69, 9.17) is 0 Å². The normalized spacial score (nSPS) is 21.1. The molecule has 5 rings (SSSR count). The Morgan fingerprint density at radius 2 is 1.85 bits per heavy atom. The van der Waals surface area contributed by atoms with E-state index in [-0.39, 0.29) is 18.2 Å². The van der Waals surface area contributed by atoms with Gasteiger partial charge in [0.05, 0.1) is 6.54 Å². The second-order valence-electron chi connectivity index (χ2n) is 7.06. The van der Waals surface area contributed by atoms with Gasteiger partial charge in [-0.2, -0.15) is 0 Å². The average molecular weight is 359 g/mol. The Morgan fingerprint density at radius 3 is 2.74 bits per heavy atom. The largest absolute Gasteiger partial charge is 0.360 e. The van der Waals surface area contributed by atoms with Crippen molar-refractivity contribution in [2.45, 2.75) is 18.4 Å². The van der Waals surface area contributed by atoms with Crippen molar-refractivity contribution in [3.63, 3.8) is 0 Å². The fourth-order valence-electron chi connectivity index (χ4n) is 4.26. The first-order chi connectivity index (χ1) is 13.1. The average Bonchev–Trinajstić information content (AvgIpc) is 3.34. The number of rotatable bonds is 3. The summed E-state index contributed by atoms with van der Waals surface area (Å²) < 4.78 is 0. The maximum absolute atomic E-state index is 13.2. The van der Waals surface area contributed by atoms with Crippen LogP contribution in [0.1, 0.15) is 27.9 Å². The minimum Gasteiger partial charge on any atom is -0.360 e. The number of Topliss-reactive ketones (excluding diaryl/α,β-unsaturated/α-hetero) is 1. The number of para-hydroxylation sites is 1. The number of hydrogen-bond donors (Lipinski definition) is 2. The number of H-pyrrole nitrogens is 1. The second kappa shape index (κ2) is 5.54. The molecule has 27 heavy (non-hydrogen) atoms. The molecule has 6 heteroatoms. The summed E-state index contributed by atoms with van der Waals surface area (Å²) in [5, 5.41) is 3.64. The third kappa shape index (κ3) is 2.16. The first-order valence-electron chi connectivity index (χ1n) is 8.92. The SMILES string of the molecule is O=C(CN1C(=O)N[C@@]2(CCc3ccccc32)C1=O)c1c[nH]c2ccccc12. The van der Waals surface area contributed by atoms with Crippen molar-refractivity contribution in [1.29, 1.82) is 0 Å². The summed E-state index contributed by atoms with van der Waals surface area (Å²) in [6.07, 6.45) is 2.88. The molecule has 1 saturated heterocycles. The number of carbonyl (C=O) groups excluding carboxylic acids is 3. The fraction of sp³-hybridized carbons (Fsp3) is 0.190. The number of hydrogen-bond acceptors (Lipinski definition) is 3. The molecule has 2 aromatic carbocycles. The lowest BCUT2D eigenvalue weighted by atomic mass is 9.92. The molecule has 1 fully saturated rings. The van der Waals surface area contributed by atoms with Crippen LogP contribution in [0.2, 0.25) is 0 Å². The predicted molar refractivity (Wildman–Crippen MR) is 99.3 cm³/mol. The molecule has 3 aromatic rings. The number of aryl methyl sites for hydroxylation is 1. The van der Waals surface area contributed by atoms with Crippen molar-refractivity contribution >= 4 is 28.6 Å². The van der Waals surface area contributed by atoms with Crippen LogP contribution in [0, 0.1) is 0 Å². The lowest BCUT2D eigenvalue weighted by molar-refractivity contribution is -0.131. The van der Waals surface area contributed by atoms with Crippen LogP contribution >= 0.6 is 0 Å². The standard InChI is InChI=1S/C21H17N3O3/c25-18(15-11-22-17-8-4-2-6-14(15)17)12-24-19(26)21(23-20(24)27)10-9-13-5-1-3-7-16(13)21/h1-8,11,22H,9-10,12H2,(H,23,27)/t21-/m1/s1. The van der Waals surface area contributed by atoms with E-state index in [0.717, 1.165) is 33.4 Å². The minimum absolute atomic E-state index is 0.265. The molecule has 134 valence electrons. The molecule has 1 spiro atoms. The maximum atomic E-state index is 13.2. The number of fused-ring (bicyclic) bond motifs is 3. The van der Waals surface area contributed by atoms with Crippen LogP contribution in [-0.4, -0.2) is 34.2 Å². The van der Waals surface area contributed by atoms with E-state index < -0.39 is 11.6 Å². The molecular weight excluding hydrogens is 342 g/mol. The third-order valence-corrected chi connectivity index (χ3v) is 5.61. The third-order valence-electron chi connectivity index (χ3n) is 5.61. The van der Waals surface area contributed by atoms with Crippen LogP contribution in [0.4, 0.5) is 4.79 Å². The summed E-state index contributed by atoms with van der Waals surface area (Å²) in [6.45, 7) is -0.267. The molecular formula is C21H17N3O3. The van der Waals surface area contributed by atoms with E-state index in [0.29, 0.717) is 12.0 Å². The minimum atomic E-state index is -1.03. The number of imide groups is 1. The zero-order chi connectivity index (χ0) is 18.6. The quantitative estimate of drug-likeness (QED) is 0.557. The zero-order valence-electron chi connectivity index (χ0n) is 14.5. The van der Waals surface area contributed by atoms with E-state index in [2.05, 4.69) is 10.3 Å². The molecule has 0 unspecified atom stereocenters. The van der Waals surface area contributed by atoms with Crippen LogP contribution < -0.4 is 5.32 Å². The molecule has 0 saturated carbocycles. The molecule has 3 amide bonds. The van der Waals surface area contributed by atoms with Gasteiger partial charge in [0.2, 0.25) is 0 Å². The number of nitrogens with one attached hydrogen (secondary N) is 2. The highest BCUT2D eigenvalue weighted by Gasteiger charge is 2.55. The summed E-state index contributed by atoms with van der Waals surface area (Å²) in [5.41, 5.74) is 2.20. The highest BCUT2D eigenvalue weighted by atomic mass is 16.2. The molecule has 1 atom stereocenters. The van der Waals surface area contributed by atoms with Crippen LogP contribution in [-0.2, 0) is 16.8 Å². The van der Waals surface area contributed by atoms with Crippen molar-refractivity contribution in [2.24, 2.45) is 0 Å². The number of carbonyl (C=O) groups is 3. The highest BCUT2D eigenvalue weighted by Crippen LogP contribution is 2.41. The van der Waals surface area contributed by atoms with E-state index in [1.165, 1.54) is 0 Å². The topological polar surface area (TPSA) is 82.3 Å². The van der Waals surface area contributed by atoms with Gasteiger partial charge in [0, 0.05) is 22.7 Å². The molecule has 0 radical (unpaired) electrons. The van der Waals surface area contributed by atoms with Gasteiger partial charge >= 0.3 is 6.03 Å². The zero-order valence-corrected chi connectivity index (χ0v) is 14.5. The van der Waals surface area contributed by atoms with Crippen LogP contribution in [0.5, 0.6) is 0 Å². The molecule has 2 aliphatic rings. The predicted octanol–water partition coefficient (Wildman–Crippen LogP) is 2.74. The Morgan fingerprint density at radius 1 is 1.07 bits per heavy atom. The molecule has 1 aliphatic heterocycles. The van der Waals surface area contributed by atoms with E-state index in [9.17, 15) is 14.4 Å². The van der Waals surface area contributed by atoms with Gasteiger partial charge in [-0.25, -0.2) is 4.79 Å². The van der Waals surface area contributed by atoms with Gasteiger partial charge in [-0.05, 0) is 30.0 Å². The van der Waals surface area contributed by atoms with E-state index in [1.54, 1.807) is 6.20 Å². The first-order valence-corrected chi connectivity index (χ1v) is 8.92. The van der Waals surface area contributed by atoms with Crippen LogP contribution in [0.3, 0.4) is 0 Å². The van der Waals surface area contributed by atoms with Gasteiger partial charge in [-0.15, -0.1) is 0 Å². The Hall–Kier alpha value is -3.41. The molecule has 1 aromatic heterocycles. The van der Waals surface area contributed by atoms with Crippen molar-refractivity contribution in [3.05, 3.63) is 71.4 Å². The smallest absolute Gasteiger partial charge is 0.325 e. The van der Waals surface area contributed by atoms with Crippen LogP contribution in [0.15, 0.2) is 54.7 Å². The molecule has 2 N–H and O–H groups in total. The van der Waals surface area contributed by atoms with Crippen molar-refractivity contribution in [1.82, 2.24) is 15.2 Å². The Bertz CT molecular complexity index is 1120. The number of nitrogens with zero attached hydrogens (tertiary/aromatic N) is 1. The first kappa shape index (κ1) is 15.8. The Kier molecular flexibility index (Phi) is 3.25. The highest BCUT2D eigenvalue weighted by molar-refractivity contribution is 6.14. The Labute approximate surface area is 155 Å². The summed E-state index contributed by atoms with van der Waals surface area (Å²) in [4.78, 5) is 42.6. The summed E-state index contributed by atoms with van der Waals surface area (Å²) in [6, 6.07) is 14.6. The monoisotopic (exact) mass is 359 g/mol. The molecule has 0 bridgehead atoms. The number of aromatic nitrogens is 1. The number of aromatic amines is 1. The number of amides is 3. The lowest BCUT2D eigenvalue weighted by Crippen LogP contribution is -2.42. The Balaban J connectivity index is 1.46. The maximum Gasteiger partial charge on any atom is 0.325 e. The fourth-order valence-corrected chi connectivity index (χ4v) is 4.26. The van der Waals surface area contributed by atoms with Crippen molar-refractivity contribution in [3.8, 4) is 0 Å². The van der Waals surface area contributed by atoms with Gasteiger partial charge in [-0.1, -0.05) is 42.5 Å².